The lowest BCUT2D eigenvalue weighted by molar-refractivity contribution is 0.0656. The van der Waals surface area contributed by atoms with Gasteiger partial charge in [-0.15, -0.1) is 0 Å². The predicted octanol–water partition coefficient (Wildman–Crippen LogP) is 3.68. The van der Waals surface area contributed by atoms with E-state index in [9.17, 15) is 14.4 Å². The van der Waals surface area contributed by atoms with Crippen LogP contribution in [0.4, 0.5) is 0 Å². The fourth-order valence-electron chi connectivity index (χ4n) is 4.15. The van der Waals surface area contributed by atoms with Gasteiger partial charge in [-0.1, -0.05) is 48.5 Å². The maximum atomic E-state index is 12.9. The molecule has 174 valence electrons. The number of carbonyl (C=O) groups excluding carboxylic acids is 3. The van der Waals surface area contributed by atoms with Crippen LogP contribution in [-0.4, -0.2) is 45.5 Å². The molecule has 3 aromatic carbocycles. The molecule has 3 amide bonds. The Morgan fingerprint density at radius 2 is 1.51 bits per heavy atom. The Balaban J connectivity index is 1.19. The highest BCUT2D eigenvalue weighted by molar-refractivity contribution is 6.22. The van der Waals surface area contributed by atoms with Gasteiger partial charge in [0, 0.05) is 24.8 Å². The van der Waals surface area contributed by atoms with Gasteiger partial charge in [0.2, 0.25) is 0 Å². The number of imide groups is 1. The van der Waals surface area contributed by atoms with Crippen LogP contribution in [0.15, 0.2) is 91.3 Å². The number of hydrogen-bond donors (Lipinski definition) is 1. The van der Waals surface area contributed by atoms with Crippen LogP contribution in [-0.2, 0) is 12.8 Å². The van der Waals surface area contributed by atoms with E-state index < -0.39 is 0 Å². The summed E-state index contributed by atoms with van der Waals surface area (Å²) in [6.07, 6.45) is 4.92. The van der Waals surface area contributed by atoms with Crippen molar-refractivity contribution in [2.45, 2.75) is 12.8 Å². The van der Waals surface area contributed by atoms with Gasteiger partial charge in [0.15, 0.2) is 0 Å². The molecule has 1 aromatic heterocycles. The van der Waals surface area contributed by atoms with Crippen molar-refractivity contribution in [2.24, 2.45) is 0 Å². The normalized spacial score (nSPS) is 12.6. The van der Waals surface area contributed by atoms with Crippen LogP contribution in [0.3, 0.4) is 0 Å². The van der Waals surface area contributed by atoms with Crippen molar-refractivity contribution >= 4 is 17.7 Å². The Morgan fingerprint density at radius 1 is 0.800 bits per heavy atom. The summed E-state index contributed by atoms with van der Waals surface area (Å²) in [5.41, 5.74) is 4.00. The molecule has 7 nitrogen and oxygen atoms in total. The topological polar surface area (TPSA) is 84.3 Å². The Labute approximate surface area is 203 Å². The van der Waals surface area contributed by atoms with Gasteiger partial charge in [-0.25, -0.2) is 4.68 Å². The Bertz CT molecular complexity index is 1380. The molecule has 0 saturated heterocycles. The van der Waals surface area contributed by atoms with Crippen LogP contribution in [0.25, 0.3) is 5.69 Å². The molecule has 0 fully saturated rings. The van der Waals surface area contributed by atoms with Crippen LogP contribution in [0.5, 0.6) is 0 Å². The molecule has 0 spiro atoms. The van der Waals surface area contributed by atoms with E-state index >= 15 is 0 Å². The van der Waals surface area contributed by atoms with Crippen LogP contribution >= 0.6 is 0 Å². The third-order valence-corrected chi connectivity index (χ3v) is 6.06. The molecule has 0 bridgehead atoms. The molecule has 1 aliphatic heterocycles. The zero-order valence-corrected chi connectivity index (χ0v) is 19.1. The highest BCUT2D eigenvalue weighted by Gasteiger charge is 2.35. The Kier molecular flexibility index (Phi) is 6.22. The summed E-state index contributed by atoms with van der Waals surface area (Å²) in [5.74, 6) is -0.960. The summed E-state index contributed by atoms with van der Waals surface area (Å²) in [7, 11) is 0. The summed E-state index contributed by atoms with van der Waals surface area (Å²) < 4.78 is 1.80. The van der Waals surface area contributed by atoms with Gasteiger partial charge in [-0.05, 0) is 54.3 Å². The van der Waals surface area contributed by atoms with E-state index in [-0.39, 0.29) is 23.3 Å². The van der Waals surface area contributed by atoms with E-state index in [1.165, 1.54) is 11.0 Å². The van der Waals surface area contributed by atoms with Gasteiger partial charge in [-0.3, -0.25) is 19.3 Å². The van der Waals surface area contributed by atoms with Crippen molar-refractivity contribution in [2.75, 3.05) is 13.1 Å². The SMILES string of the molecule is O=C(NCCc1cnn(-c2ccccc2)c1)c1ccc2c(c1)C(=O)N(CCc1ccccc1)C2=O. The van der Waals surface area contributed by atoms with E-state index in [0.29, 0.717) is 37.1 Å². The molecule has 0 radical (unpaired) electrons. The Morgan fingerprint density at radius 3 is 2.29 bits per heavy atom. The number of benzene rings is 3. The second-order valence-electron chi connectivity index (χ2n) is 8.39. The molecule has 0 saturated carbocycles. The fourth-order valence-corrected chi connectivity index (χ4v) is 4.15. The van der Waals surface area contributed by atoms with Crippen molar-refractivity contribution in [1.29, 1.82) is 0 Å². The maximum Gasteiger partial charge on any atom is 0.261 e. The molecule has 0 aliphatic carbocycles. The van der Waals surface area contributed by atoms with Gasteiger partial charge in [0.25, 0.3) is 17.7 Å². The molecule has 35 heavy (non-hydrogen) atoms. The van der Waals surface area contributed by atoms with E-state index in [2.05, 4.69) is 10.4 Å². The number of hydrogen-bond acceptors (Lipinski definition) is 4. The van der Waals surface area contributed by atoms with Gasteiger partial charge in [0.1, 0.15) is 0 Å². The zero-order valence-electron chi connectivity index (χ0n) is 19.1. The van der Waals surface area contributed by atoms with Crippen molar-refractivity contribution < 1.29 is 14.4 Å². The van der Waals surface area contributed by atoms with Gasteiger partial charge < -0.3 is 5.32 Å². The molecular weight excluding hydrogens is 440 g/mol. The third kappa shape index (κ3) is 4.75. The summed E-state index contributed by atoms with van der Waals surface area (Å²) in [6.45, 7) is 0.723. The number of nitrogens with zero attached hydrogens (tertiary/aromatic N) is 3. The summed E-state index contributed by atoms with van der Waals surface area (Å²) in [4.78, 5) is 39.6. The quantitative estimate of drug-likeness (QED) is 0.403. The fraction of sp³-hybridized carbons (Fsp3) is 0.143. The molecule has 4 aromatic rings. The van der Waals surface area contributed by atoms with Crippen LogP contribution in [0, 0.1) is 0 Å². The molecule has 5 rings (SSSR count). The number of nitrogens with one attached hydrogen (secondary N) is 1. The molecule has 1 aliphatic rings. The van der Waals surface area contributed by atoms with E-state index in [4.69, 9.17) is 0 Å². The standard InChI is InChI=1S/C28H24N4O3/c33-26(29-15-13-21-18-30-32(19-21)23-9-5-2-6-10-23)22-11-12-24-25(17-22)28(35)31(27(24)34)16-14-20-7-3-1-4-8-20/h1-12,17-19H,13-16H2,(H,29,33). The number of fused-ring (bicyclic) bond motifs is 1. The molecular formula is C28H24N4O3. The number of rotatable bonds is 8. The van der Waals surface area contributed by atoms with Gasteiger partial charge >= 0.3 is 0 Å². The second-order valence-corrected chi connectivity index (χ2v) is 8.39. The number of aromatic nitrogens is 2. The minimum absolute atomic E-state index is 0.278. The first kappa shape index (κ1) is 22.3. The molecule has 0 unspecified atom stereocenters. The minimum atomic E-state index is -0.357. The first-order valence-corrected chi connectivity index (χ1v) is 11.5. The lowest BCUT2D eigenvalue weighted by Gasteiger charge is -2.13. The van der Waals surface area contributed by atoms with Crippen LogP contribution < -0.4 is 5.32 Å². The third-order valence-electron chi connectivity index (χ3n) is 6.06. The lowest BCUT2D eigenvalue weighted by atomic mass is 10.1. The summed E-state index contributed by atoms with van der Waals surface area (Å²) in [5, 5.41) is 7.25. The highest BCUT2D eigenvalue weighted by atomic mass is 16.2. The number of carbonyl (C=O) groups is 3. The highest BCUT2D eigenvalue weighted by Crippen LogP contribution is 2.24. The monoisotopic (exact) mass is 464 g/mol. The maximum absolute atomic E-state index is 12.9. The van der Waals surface area contributed by atoms with Gasteiger partial charge in [-0.2, -0.15) is 5.10 Å². The zero-order chi connectivity index (χ0) is 24.2. The summed E-state index contributed by atoms with van der Waals surface area (Å²) in [6, 6.07) is 24.2. The van der Waals surface area contributed by atoms with Crippen molar-refractivity contribution in [1.82, 2.24) is 20.0 Å². The van der Waals surface area contributed by atoms with Crippen molar-refractivity contribution in [3.63, 3.8) is 0 Å². The van der Waals surface area contributed by atoms with Crippen LogP contribution in [0.2, 0.25) is 0 Å². The van der Waals surface area contributed by atoms with E-state index in [1.54, 1.807) is 23.0 Å². The number of para-hydroxylation sites is 1. The van der Waals surface area contributed by atoms with Crippen molar-refractivity contribution in [3.8, 4) is 5.69 Å². The van der Waals surface area contributed by atoms with Crippen LogP contribution in [0.1, 0.15) is 42.2 Å². The average Bonchev–Trinajstić information content (AvgIpc) is 3.46. The summed E-state index contributed by atoms with van der Waals surface area (Å²) >= 11 is 0. The molecule has 7 heteroatoms. The molecule has 0 atom stereocenters. The molecule has 1 N–H and O–H groups in total. The number of amides is 3. The van der Waals surface area contributed by atoms with Crippen molar-refractivity contribution in [3.05, 3.63) is 119 Å². The van der Waals surface area contributed by atoms with Gasteiger partial charge in [0.05, 0.1) is 23.0 Å². The second kappa shape index (κ2) is 9.77. The van der Waals surface area contributed by atoms with E-state index in [0.717, 1.165) is 16.8 Å². The largest absolute Gasteiger partial charge is 0.352 e. The smallest absolute Gasteiger partial charge is 0.261 e. The first-order chi connectivity index (χ1) is 17.1. The lowest BCUT2D eigenvalue weighted by Crippen LogP contribution is -2.31. The predicted molar refractivity (Wildman–Crippen MR) is 132 cm³/mol. The molecule has 2 heterocycles. The Hall–Kier alpha value is -4.52. The van der Waals surface area contributed by atoms with E-state index in [1.807, 2.05) is 66.9 Å². The first-order valence-electron chi connectivity index (χ1n) is 11.5. The average molecular weight is 465 g/mol. The minimum Gasteiger partial charge on any atom is -0.352 e.